The zero-order valence-corrected chi connectivity index (χ0v) is 13.6. The summed E-state index contributed by atoms with van der Waals surface area (Å²) in [5, 5.41) is 0. The largest absolute Gasteiger partial charge is 0.340 e. The van der Waals surface area contributed by atoms with Crippen LogP contribution in [0.4, 0.5) is 0 Å². The highest BCUT2D eigenvalue weighted by Crippen LogP contribution is 2.36. The van der Waals surface area contributed by atoms with E-state index in [0.717, 1.165) is 17.5 Å². The van der Waals surface area contributed by atoms with Crippen molar-refractivity contribution in [3.63, 3.8) is 0 Å². The van der Waals surface area contributed by atoms with Crippen molar-refractivity contribution >= 4 is 5.91 Å². The Balaban J connectivity index is 1.79. The average Bonchev–Trinajstić information content (AvgIpc) is 2.78. The lowest BCUT2D eigenvalue weighted by Gasteiger charge is -2.26. The van der Waals surface area contributed by atoms with Gasteiger partial charge in [-0.15, -0.1) is 0 Å². The van der Waals surface area contributed by atoms with Crippen LogP contribution in [0.3, 0.4) is 0 Å². The second-order valence-electron chi connectivity index (χ2n) is 6.41. The number of rotatable bonds is 1. The first-order chi connectivity index (χ1) is 11.0. The van der Waals surface area contributed by atoms with Gasteiger partial charge in [0.25, 0.3) is 0 Å². The molecule has 0 bridgehead atoms. The molecule has 1 aliphatic heterocycles. The molecular weight excluding hydrogens is 286 g/mol. The van der Waals surface area contributed by atoms with Gasteiger partial charge >= 0.3 is 0 Å². The summed E-state index contributed by atoms with van der Waals surface area (Å²) in [7, 11) is 1.84. The lowest BCUT2D eigenvalue weighted by Crippen LogP contribution is -2.37. The predicted molar refractivity (Wildman–Crippen MR) is 88.7 cm³/mol. The summed E-state index contributed by atoms with van der Waals surface area (Å²) < 4.78 is 0. The Morgan fingerprint density at radius 1 is 1.09 bits per heavy atom. The third-order valence-corrected chi connectivity index (χ3v) is 4.35. The second-order valence-corrected chi connectivity index (χ2v) is 6.41. The Hall–Kier alpha value is -2.67. The molecule has 1 saturated heterocycles. The van der Waals surface area contributed by atoms with E-state index in [4.69, 9.17) is 0 Å². The first-order valence-electron chi connectivity index (χ1n) is 7.64. The van der Waals surface area contributed by atoms with Gasteiger partial charge in [-0.25, -0.2) is 9.97 Å². The number of benzene rings is 1. The number of carbonyl (C=O) groups is 1. The number of aromatic nitrogens is 2. The van der Waals surface area contributed by atoms with Gasteiger partial charge in [0.2, 0.25) is 5.91 Å². The van der Waals surface area contributed by atoms with E-state index in [0.29, 0.717) is 5.82 Å². The van der Waals surface area contributed by atoms with Gasteiger partial charge in [0.1, 0.15) is 11.7 Å². The third-order valence-electron chi connectivity index (χ3n) is 4.35. The zero-order chi connectivity index (χ0) is 16.4. The fourth-order valence-electron chi connectivity index (χ4n) is 2.71. The third kappa shape index (κ3) is 3.09. The predicted octanol–water partition coefficient (Wildman–Crippen LogP) is 2.60. The summed E-state index contributed by atoms with van der Waals surface area (Å²) in [6.07, 6.45) is 4.12. The maximum atomic E-state index is 12.3. The summed E-state index contributed by atoms with van der Waals surface area (Å²) in [6.45, 7) is 4.12. The van der Waals surface area contributed by atoms with E-state index in [-0.39, 0.29) is 17.4 Å². The van der Waals surface area contributed by atoms with Crippen molar-refractivity contribution in [2.45, 2.75) is 31.7 Å². The number of amides is 1. The van der Waals surface area contributed by atoms with Crippen LogP contribution in [-0.4, -0.2) is 33.4 Å². The monoisotopic (exact) mass is 305 g/mol. The summed E-state index contributed by atoms with van der Waals surface area (Å²) in [5.74, 6) is 6.52. The molecular formula is C19H19N3O. The molecule has 1 aromatic heterocycles. The summed E-state index contributed by atoms with van der Waals surface area (Å²) in [4.78, 5) is 22.8. The van der Waals surface area contributed by atoms with E-state index in [2.05, 4.69) is 35.7 Å². The van der Waals surface area contributed by atoms with Gasteiger partial charge in [-0.1, -0.05) is 30.0 Å². The molecule has 1 fully saturated rings. The lowest BCUT2D eigenvalue weighted by molar-refractivity contribution is -0.130. The molecule has 1 aromatic carbocycles. The van der Waals surface area contributed by atoms with Crippen LogP contribution >= 0.6 is 0 Å². The molecule has 116 valence electrons. The highest BCUT2D eigenvalue weighted by Gasteiger charge is 2.44. The van der Waals surface area contributed by atoms with Gasteiger partial charge in [0.15, 0.2) is 0 Å². The summed E-state index contributed by atoms with van der Waals surface area (Å²) in [5.41, 5.74) is 1.54. The normalized spacial score (nSPS) is 19.3. The summed E-state index contributed by atoms with van der Waals surface area (Å²) in [6, 6.07) is 9.77. The van der Waals surface area contributed by atoms with E-state index >= 15 is 0 Å². The van der Waals surface area contributed by atoms with Crippen LogP contribution in [0, 0.1) is 11.8 Å². The molecule has 4 nitrogen and oxygen atoms in total. The number of hydrogen-bond donors (Lipinski definition) is 0. The smallest absolute Gasteiger partial charge is 0.233 e. The van der Waals surface area contributed by atoms with Gasteiger partial charge < -0.3 is 4.90 Å². The number of nitrogens with zero attached hydrogens (tertiary/aromatic N) is 3. The van der Waals surface area contributed by atoms with E-state index in [9.17, 15) is 4.79 Å². The van der Waals surface area contributed by atoms with E-state index in [1.54, 1.807) is 17.3 Å². The fourth-order valence-corrected chi connectivity index (χ4v) is 2.71. The highest BCUT2D eigenvalue weighted by atomic mass is 16.2. The first-order valence-corrected chi connectivity index (χ1v) is 7.64. The fraction of sp³-hybridized carbons (Fsp3) is 0.316. The minimum atomic E-state index is -0.258. The molecule has 0 spiro atoms. The van der Waals surface area contributed by atoms with Gasteiger partial charge in [0, 0.05) is 30.5 Å². The Bertz CT molecular complexity index is 770. The van der Waals surface area contributed by atoms with Crippen molar-refractivity contribution in [3.8, 4) is 11.8 Å². The van der Waals surface area contributed by atoms with Gasteiger partial charge in [0.05, 0.1) is 5.56 Å². The molecule has 1 aliphatic rings. The zero-order valence-electron chi connectivity index (χ0n) is 13.6. The minimum absolute atomic E-state index is 0.0816. The summed E-state index contributed by atoms with van der Waals surface area (Å²) >= 11 is 0. The van der Waals surface area contributed by atoms with Crippen LogP contribution in [0.5, 0.6) is 0 Å². The van der Waals surface area contributed by atoms with E-state index in [1.165, 1.54) is 0 Å². The van der Waals surface area contributed by atoms with Gasteiger partial charge in [-0.3, -0.25) is 4.79 Å². The molecule has 1 unspecified atom stereocenters. The number of likely N-dealkylation sites (tertiary alicyclic amines) is 1. The molecule has 0 aliphatic carbocycles. The first kappa shape index (κ1) is 15.2. The second kappa shape index (κ2) is 5.85. The van der Waals surface area contributed by atoms with Crippen LogP contribution < -0.4 is 0 Å². The number of likely N-dealkylation sites (N-methyl/N-ethyl adjacent to an activating group) is 1. The van der Waals surface area contributed by atoms with Crippen molar-refractivity contribution in [2.24, 2.45) is 0 Å². The van der Waals surface area contributed by atoms with Gasteiger partial charge in [-0.05, 0) is 32.4 Å². The highest BCUT2D eigenvalue weighted by molar-refractivity contribution is 5.85. The molecule has 2 aromatic rings. The molecule has 4 heteroatoms. The number of hydrogen-bond acceptors (Lipinski definition) is 3. The maximum absolute atomic E-state index is 12.3. The molecule has 3 rings (SSSR count). The van der Waals surface area contributed by atoms with Crippen molar-refractivity contribution in [1.29, 1.82) is 0 Å². The molecule has 23 heavy (non-hydrogen) atoms. The van der Waals surface area contributed by atoms with E-state index in [1.807, 2.05) is 37.4 Å². The SMILES string of the molecule is CN1C(=O)C(c2ncc(C#Cc3ccccc3)cn2)CC1(C)C. The molecule has 0 saturated carbocycles. The quantitative estimate of drug-likeness (QED) is 0.761. The Morgan fingerprint density at radius 2 is 1.70 bits per heavy atom. The van der Waals surface area contributed by atoms with Crippen LogP contribution in [0.15, 0.2) is 42.7 Å². The molecule has 1 atom stereocenters. The van der Waals surface area contributed by atoms with Crippen LogP contribution in [0.1, 0.15) is 43.1 Å². The lowest BCUT2D eigenvalue weighted by atomic mass is 9.96. The van der Waals surface area contributed by atoms with Crippen LogP contribution in [0.25, 0.3) is 0 Å². The molecule has 2 heterocycles. The van der Waals surface area contributed by atoms with Crippen LogP contribution in [-0.2, 0) is 4.79 Å². The maximum Gasteiger partial charge on any atom is 0.233 e. The Morgan fingerprint density at radius 3 is 2.26 bits per heavy atom. The topological polar surface area (TPSA) is 46.1 Å². The molecule has 1 amide bonds. The van der Waals surface area contributed by atoms with E-state index < -0.39 is 0 Å². The van der Waals surface area contributed by atoms with Crippen molar-refractivity contribution < 1.29 is 4.79 Å². The van der Waals surface area contributed by atoms with Crippen molar-refractivity contribution in [1.82, 2.24) is 14.9 Å². The standard InChI is InChI=1S/C19H19N3O/c1-19(2)11-16(18(23)22(19)3)17-20-12-15(13-21-17)10-9-14-7-5-4-6-8-14/h4-8,12-13,16H,11H2,1-3H3. The minimum Gasteiger partial charge on any atom is -0.340 e. The molecule has 0 radical (unpaired) electrons. The number of carbonyl (C=O) groups excluding carboxylic acids is 1. The Labute approximate surface area is 136 Å². The van der Waals surface area contributed by atoms with Crippen molar-refractivity contribution in [2.75, 3.05) is 7.05 Å². The average molecular weight is 305 g/mol. The van der Waals surface area contributed by atoms with Gasteiger partial charge in [-0.2, -0.15) is 0 Å². The molecule has 0 N–H and O–H groups in total. The Kier molecular flexibility index (Phi) is 3.87. The van der Waals surface area contributed by atoms with Crippen LogP contribution in [0.2, 0.25) is 0 Å². The van der Waals surface area contributed by atoms with Crippen molar-refractivity contribution in [3.05, 3.63) is 59.7 Å².